The first kappa shape index (κ1) is 14.4. The molecule has 0 bridgehead atoms. The summed E-state index contributed by atoms with van der Waals surface area (Å²) in [5.41, 5.74) is 2.70. The SMILES string of the molecule is c1cncc(-c2ncc(-c3cccc(C4OCCCO4)n3)s2)c1. The number of ether oxygens (including phenoxy) is 2. The highest BCUT2D eigenvalue weighted by Gasteiger charge is 2.18. The molecule has 0 atom stereocenters. The van der Waals surface area contributed by atoms with Crippen molar-refractivity contribution < 1.29 is 9.47 Å². The van der Waals surface area contributed by atoms with Crippen molar-refractivity contribution in [3.63, 3.8) is 0 Å². The second-order valence-electron chi connectivity index (χ2n) is 5.15. The molecule has 0 aliphatic carbocycles. The number of hydrogen-bond donors (Lipinski definition) is 0. The number of rotatable bonds is 3. The molecule has 0 aromatic carbocycles. The van der Waals surface area contributed by atoms with Crippen LogP contribution >= 0.6 is 11.3 Å². The minimum absolute atomic E-state index is 0.366. The number of aromatic nitrogens is 3. The van der Waals surface area contributed by atoms with Crippen molar-refractivity contribution in [3.8, 4) is 21.1 Å². The average Bonchev–Trinajstić information content (AvgIpc) is 3.14. The quantitative estimate of drug-likeness (QED) is 0.735. The highest BCUT2D eigenvalue weighted by Crippen LogP contribution is 2.31. The summed E-state index contributed by atoms with van der Waals surface area (Å²) in [7, 11) is 0. The topological polar surface area (TPSA) is 57.1 Å². The lowest BCUT2D eigenvalue weighted by atomic mass is 10.2. The number of pyridine rings is 2. The third kappa shape index (κ3) is 3.14. The van der Waals surface area contributed by atoms with Crippen LogP contribution in [0.4, 0.5) is 0 Å². The molecular weight excluding hydrogens is 310 g/mol. The third-order valence-corrected chi connectivity index (χ3v) is 4.57. The first-order valence-electron chi connectivity index (χ1n) is 7.47. The molecule has 1 aliphatic rings. The molecule has 1 aliphatic heterocycles. The summed E-state index contributed by atoms with van der Waals surface area (Å²) < 4.78 is 11.2. The van der Waals surface area contributed by atoms with Gasteiger partial charge >= 0.3 is 0 Å². The molecule has 4 rings (SSSR count). The van der Waals surface area contributed by atoms with Crippen LogP contribution in [0.5, 0.6) is 0 Å². The summed E-state index contributed by atoms with van der Waals surface area (Å²) in [6, 6.07) is 9.80. The summed E-state index contributed by atoms with van der Waals surface area (Å²) >= 11 is 1.60. The van der Waals surface area contributed by atoms with Gasteiger partial charge in [-0.2, -0.15) is 0 Å². The van der Waals surface area contributed by atoms with Crippen molar-refractivity contribution in [2.24, 2.45) is 0 Å². The van der Waals surface area contributed by atoms with Gasteiger partial charge in [0, 0.05) is 24.2 Å². The van der Waals surface area contributed by atoms with Crippen LogP contribution in [0, 0.1) is 0 Å². The Kier molecular flexibility index (Phi) is 4.10. The average molecular weight is 325 g/mol. The van der Waals surface area contributed by atoms with Crippen molar-refractivity contribution in [3.05, 3.63) is 54.6 Å². The summed E-state index contributed by atoms with van der Waals surface area (Å²) in [4.78, 5) is 14.3. The summed E-state index contributed by atoms with van der Waals surface area (Å²) in [6.07, 6.45) is 5.99. The van der Waals surface area contributed by atoms with Crippen LogP contribution in [-0.4, -0.2) is 28.2 Å². The lowest BCUT2D eigenvalue weighted by molar-refractivity contribution is -0.185. The maximum Gasteiger partial charge on any atom is 0.201 e. The lowest BCUT2D eigenvalue weighted by Crippen LogP contribution is -2.18. The predicted molar refractivity (Wildman–Crippen MR) is 87.8 cm³/mol. The fourth-order valence-electron chi connectivity index (χ4n) is 2.39. The minimum atomic E-state index is -0.366. The van der Waals surface area contributed by atoms with E-state index in [1.807, 2.05) is 42.7 Å². The van der Waals surface area contributed by atoms with Gasteiger partial charge in [0.25, 0.3) is 0 Å². The monoisotopic (exact) mass is 325 g/mol. The van der Waals surface area contributed by atoms with Crippen LogP contribution in [0.2, 0.25) is 0 Å². The van der Waals surface area contributed by atoms with Crippen LogP contribution in [-0.2, 0) is 9.47 Å². The smallest absolute Gasteiger partial charge is 0.201 e. The van der Waals surface area contributed by atoms with E-state index in [0.29, 0.717) is 13.2 Å². The van der Waals surface area contributed by atoms with E-state index in [1.54, 1.807) is 17.5 Å². The second-order valence-corrected chi connectivity index (χ2v) is 6.18. The summed E-state index contributed by atoms with van der Waals surface area (Å²) in [5.74, 6) is 0. The molecule has 1 fully saturated rings. The fourth-order valence-corrected chi connectivity index (χ4v) is 3.27. The van der Waals surface area contributed by atoms with E-state index in [-0.39, 0.29) is 6.29 Å². The number of hydrogen-bond acceptors (Lipinski definition) is 6. The lowest BCUT2D eigenvalue weighted by Gasteiger charge is -2.22. The van der Waals surface area contributed by atoms with Gasteiger partial charge in [-0.05, 0) is 30.7 Å². The molecule has 23 heavy (non-hydrogen) atoms. The molecular formula is C17H15N3O2S. The van der Waals surface area contributed by atoms with Crippen LogP contribution in [0.1, 0.15) is 18.4 Å². The van der Waals surface area contributed by atoms with E-state index in [4.69, 9.17) is 9.47 Å². The molecule has 0 amide bonds. The molecule has 0 radical (unpaired) electrons. The van der Waals surface area contributed by atoms with Crippen LogP contribution in [0.15, 0.2) is 48.9 Å². The normalized spacial score (nSPS) is 15.7. The van der Waals surface area contributed by atoms with Crippen molar-refractivity contribution in [2.45, 2.75) is 12.7 Å². The highest BCUT2D eigenvalue weighted by molar-refractivity contribution is 7.18. The largest absolute Gasteiger partial charge is 0.347 e. The molecule has 0 N–H and O–H groups in total. The molecule has 0 unspecified atom stereocenters. The van der Waals surface area contributed by atoms with Gasteiger partial charge in [0.1, 0.15) is 5.01 Å². The molecule has 1 saturated heterocycles. The summed E-state index contributed by atoms with van der Waals surface area (Å²) in [5, 5.41) is 0.936. The van der Waals surface area contributed by atoms with Crippen molar-refractivity contribution in [1.29, 1.82) is 0 Å². The minimum Gasteiger partial charge on any atom is -0.347 e. The van der Waals surface area contributed by atoms with Gasteiger partial charge in [-0.15, -0.1) is 11.3 Å². The highest BCUT2D eigenvalue weighted by atomic mass is 32.1. The van der Waals surface area contributed by atoms with E-state index in [2.05, 4.69) is 15.0 Å². The first-order chi connectivity index (χ1) is 11.4. The van der Waals surface area contributed by atoms with Crippen molar-refractivity contribution >= 4 is 11.3 Å². The molecule has 6 heteroatoms. The van der Waals surface area contributed by atoms with E-state index >= 15 is 0 Å². The van der Waals surface area contributed by atoms with Gasteiger partial charge in [-0.1, -0.05) is 6.07 Å². The Bertz CT molecular complexity index is 785. The molecule has 0 spiro atoms. The zero-order chi connectivity index (χ0) is 15.5. The van der Waals surface area contributed by atoms with Crippen molar-refractivity contribution in [1.82, 2.24) is 15.0 Å². The zero-order valence-corrected chi connectivity index (χ0v) is 13.2. The maximum absolute atomic E-state index is 5.62. The number of thiazole rings is 1. The summed E-state index contributed by atoms with van der Waals surface area (Å²) in [6.45, 7) is 1.42. The Morgan fingerprint density at radius 2 is 1.96 bits per heavy atom. The fraction of sp³-hybridized carbons (Fsp3) is 0.235. The van der Waals surface area contributed by atoms with Crippen LogP contribution < -0.4 is 0 Å². The van der Waals surface area contributed by atoms with Crippen molar-refractivity contribution in [2.75, 3.05) is 13.2 Å². The predicted octanol–water partition coefficient (Wildman–Crippen LogP) is 3.70. The first-order valence-corrected chi connectivity index (χ1v) is 8.28. The Morgan fingerprint density at radius 3 is 2.78 bits per heavy atom. The second kappa shape index (κ2) is 6.54. The standard InChI is InChI=1S/C17H15N3O2S/c1-5-13(20-14(6-1)17-21-8-3-9-22-17)15-11-19-16(23-15)12-4-2-7-18-10-12/h1-2,4-7,10-11,17H,3,8-9H2. The van der Waals surface area contributed by atoms with E-state index in [0.717, 1.165) is 33.3 Å². The molecule has 116 valence electrons. The van der Waals surface area contributed by atoms with Gasteiger partial charge < -0.3 is 9.47 Å². The third-order valence-electron chi connectivity index (χ3n) is 3.51. The van der Waals surface area contributed by atoms with Gasteiger partial charge in [-0.25, -0.2) is 9.97 Å². The van der Waals surface area contributed by atoms with Crippen LogP contribution in [0.25, 0.3) is 21.1 Å². The molecule has 3 aromatic heterocycles. The molecule has 3 aromatic rings. The van der Waals surface area contributed by atoms with E-state index < -0.39 is 0 Å². The van der Waals surface area contributed by atoms with E-state index in [1.165, 1.54) is 0 Å². The van der Waals surface area contributed by atoms with Gasteiger partial charge in [-0.3, -0.25) is 4.98 Å². The zero-order valence-electron chi connectivity index (χ0n) is 12.4. The van der Waals surface area contributed by atoms with Gasteiger partial charge in [0.05, 0.1) is 29.5 Å². The Morgan fingerprint density at radius 1 is 1.04 bits per heavy atom. The molecule has 4 heterocycles. The maximum atomic E-state index is 5.62. The Hall–Kier alpha value is -2.15. The van der Waals surface area contributed by atoms with Crippen LogP contribution in [0.3, 0.4) is 0 Å². The number of nitrogens with zero attached hydrogens (tertiary/aromatic N) is 3. The molecule has 0 saturated carbocycles. The molecule has 5 nitrogen and oxygen atoms in total. The Labute approximate surface area is 138 Å². The van der Waals surface area contributed by atoms with Gasteiger partial charge in [0.15, 0.2) is 0 Å². The van der Waals surface area contributed by atoms with Gasteiger partial charge in [0.2, 0.25) is 6.29 Å². The Balaban J connectivity index is 1.62. The van der Waals surface area contributed by atoms with E-state index in [9.17, 15) is 0 Å².